The number of nitrogens with one attached hydrogen (secondary N) is 1. The first kappa shape index (κ1) is 11.8. The second-order valence-corrected chi connectivity index (χ2v) is 3.72. The molecule has 0 aromatic rings. The Kier molecular flexibility index (Phi) is 4.19. The lowest BCUT2D eigenvalue weighted by atomic mass is 9.99. The van der Waals surface area contributed by atoms with Gasteiger partial charge in [-0.15, -0.1) is 0 Å². The Labute approximate surface area is 82.5 Å². The minimum absolute atomic E-state index is 0.0417. The molecular formula is C9H17F3N2. The summed E-state index contributed by atoms with van der Waals surface area (Å²) in [6, 6.07) is 0. The number of rotatable bonds is 3. The minimum Gasteiger partial charge on any atom is -0.316 e. The highest BCUT2D eigenvalue weighted by Crippen LogP contribution is 2.23. The van der Waals surface area contributed by atoms with Crippen molar-refractivity contribution in [3.63, 3.8) is 0 Å². The average molecular weight is 210 g/mol. The molecule has 0 aliphatic carbocycles. The van der Waals surface area contributed by atoms with Crippen molar-refractivity contribution in [1.29, 1.82) is 0 Å². The molecule has 0 bridgehead atoms. The molecule has 1 aliphatic heterocycles. The zero-order valence-corrected chi connectivity index (χ0v) is 8.40. The third-order valence-electron chi connectivity index (χ3n) is 2.62. The van der Waals surface area contributed by atoms with Crippen LogP contribution in [0.15, 0.2) is 0 Å². The monoisotopic (exact) mass is 210 g/mol. The summed E-state index contributed by atoms with van der Waals surface area (Å²) < 4.78 is 37.1. The van der Waals surface area contributed by atoms with Crippen molar-refractivity contribution in [2.75, 3.05) is 26.2 Å². The van der Waals surface area contributed by atoms with Crippen LogP contribution in [-0.2, 0) is 0 Å². The maximum atomic E-state index is 12.4. The SMILES string of the molecule is CCN(C[C@@H]1CCCNC1)C(F)(F)F. The Bertz CT molecular complexity index is 164. The van der Waals surface area contributed by atoms with Crippen LogP contribution in [0.5, 0.6) is 0 Å². The van der Waals surface area contributed by atoms with Crippen LogP contribution in [0, 0.1) is 5.92 Å². The van der Waals surface area contributed by atoms with Crippen LogP contribution >= 0.6 is 0 Å². The molecule has 5 heteroatoms. The number of hydrogen-bond acceptors (Lipinski definition) is 2. The van der Waals surface area contributed by atoms with Crippen molar-refractivity contribution in [2.24, 2.45) is 5.92 Å². The molecule has 0 amide bonds. The molecule has 1 fully saturated rings. The molecule has 1 N–H and O–H groups in total. The Balaban J connectivity index is 2.39. The van der Waals surface area contributed by atoms with Crippen LogP contribution in [0.25, 0.3) is 0 Å². The molecule has 0 saturated carbocycles. The van der Waals surface area contributed by atoms with E-state index >= 15 is 0 Å². The van der Waals surface area contributed by atoms with E-state index in [0.717, 1.165) is 19.4 Å². The van der Waals surface area contributed by atoms with Gasteiger partial charge in [-0.05, 0) is 31.8 Å². The molecule has 1 aliphatic rings. The number of alkyl halides is 3. The lowest BCUT2D eigenvalue weighted by Crippen LogP contribution is -2.44. The summed E-state index contributed by atoms with van der Waals surface area (Å²) >= 11 is 0. The van der Waals surface area contributed by atoms with E-state index in [-0.39, 0.29) is 19.0 Å². The van der Waals surface area contributed by atoms with E-state index in [1.54, 1.807) is 6.92 Å². The Hall–Kier alpha value is -0.290. The maximum Gasteiger partial charge on any atom is 0.459 e. The summed E-state index contributed by atoms with van der Waals surface area (Å²) in [5.74, 6) is 0.144. The molecule has 0 radical (unpaired) electrons. The first-order valence-electron chi connectivity index (χ1n) is 5.06. The van der Waals surface area contributed by atoms with Gasteiger partial charge in [-0.1, -0.05) is 6.92 Å². The topological polar surface area (TPSA) is 15.3 Å². The van der Waals surface area contributed by atoms with Crippen LogP contribution < -0.4 is 5.32 Å². The summed E-state index contributed by atoms with van der Waals surface area (Å²) in [4.78, 5) is 0.588. The summed E-state index contributed by atoms with van der Waals surface area (Å²) in [7, 11) is 0. The second kappa shape index (κ2) is 4.98. The van der Waals surface area contributed by atoms with E-state index in [4.69, 9.17) is 0 Å². The van der Waals surface area contributed by atoms with Crippen molar-refractivity contribution in [1.82, 2.24) is 10.2 Å². The quantitative estimate of drug-likeness (QED) is 0.715. The normalized spacial score (nSPS) is 24.2. The van der Waals surface area contributed by atoms with Crippen LogP contribution in [0.4, 0.5) is 13.2 Å². The molecule has 1 saturated heterocycles. The van der Waals surface area contributed by atoms with Gasteiger partial charge in [-0.25, -0.2) is 4.90 Å². The molecular weight excluding hydrogens is 193 g/mol. The molecule has 0 unspecified atom stereocenters. The molecule has 1 rings (SSSR count). The highest BCUT2D eigenvalue weighted by atomic mass is 19.4. The zero-order valence-electron chi connectivity index (χ0n) is 8.40. The van der Waals surface area contributed by atoms with Gasteiger partial charge in [-0.2, -0.15) is 13.2 Å². The van der Waals surface area contributed by atoms with Crippen LogP contribution in [0.3, 0.4) is 0 Å². The molecule has 1 atom stereocenters. The molecule has 1 heterocycles. The van der Waals surface area contributed by atoms with Gasteiger partial charge < -0.3 is 5.32 Å². The first-order valence-corrected chi connectivity index (χ1v) is 5.06. The van der Waals surface area contributed by atoms with Gasteiger partial charge in [0.25, 0.3) is 0 Å². The predicted octanol–water partition coefficient (Wildman–Crippen LogP) is 1.83. The van der Waals surface area contributed by atoms with Gasteiger partial charge in [0, 0.05) is 13.1 Å². The summed E-state index contributed by atoms with van der Waals surface area (Å²) in [5.41, 5.74) is 0. The third-order valence-corrected chi connectivity index (χ3v) is 2.62. The van der Waals surface area contributed by atoms with E-state index < -0.39 is 6.30 Å². The van der Waals surface area contributed by atoms with Crippen molar-refractivity contribution in [3.05, 3.63) is 0 Å². The average Bonchev–Trinajstić information content (AvgIpc) is 2.14. The Morgan fingerprint density at radius 2 is 2.14 bits per heavy atom. The maximum absolute atomic E-state index is 12.4. The molecule has 2 nitrogen and oxygen atoms in total. The zero-order chi connectivity index (χ0) is 10.6. The van der Waals surface area contributed by atoms with Crippen molar-refractivity contribution in [3.8, 4) is 0 Å². The first-order chi connectivity index (χ1) is 6.54. The van der Waals surface area contributed by atoms with Crippen molar-refractivity contribution >= 4 is 0 Å². The minimum atomic E-state index is -4.17. The summed E-state index contributed by atoms with van der Waals surface area (Å²) in [6.45, 7) is 3.37. The van der Waals surface area contributed by atoms with Crippen LogP contribution in [0.1, 0.15) is 19.8 Å². The smallest absolute Gasteiger partial charge is 0.316 e. The fourth-order valence-electron chi connectivity index (χ4n) is 1.80. The number of halogens is 3. The van der Waals surface area contributed by atoms with Gasteiger partial charge in [0.2, 0.25) is 0 Å². The second-order valence-electron chi connectivity index (χ2n) is 3.72. The van der Waals surface area contributed by atoms with Gasteiger partial charge >= 0.3 is 6.30 Å². The Morgan fingerprint density at radius 1 is 1.43 bits per heavy atom. The molecule has 84 valence electrons. The van der Waals surface area contributed by atoms with Crippen LogP contribution in [-0.4, -0.2) is 37.4 Å². The molecule has 0 aromatic carbocycles. The number of piperidine rings is 1. The lowest BCUT2D eigenvalue weighted by molar-refractivity contribution is -0.247. The van der Waals surface area contributed by atoms with E-state index in [0.29, 0.717) is 11.4 Å². The number of nitrogens with zero attached hydrogens (tertiary/aromatic N) is 1. The fraction of sp³-hybridized carbons (Fsp3) is 1.00. The van der Waals surface area contributed by atoms with Gasteiger partial charge in [0.15, 0.2) is 0 Å². The van der Waals surface area contributed by atoms with Gasteiger partial charge in [-0.3, -0.25) is 0 Å². The Morgan fingerprint density at radius 3 is 2.57 bits per heavy atom. The van der Waals surface area contributed by atoms with E-state index in [9.17, 15) is 13.2 Å². The largest absolute Gasteiger partial charge is 0.459 e. The highest BCUT2D eigenvalue weighted by Gasteiger charge is 2.37. The van der Waals surface area contributed by atoms with E-state index in [2.05, 4.69) is 5.32 Å². The van der Waals surface area contributed by atoms with Crippen LogP contribution in [0.2, 0.25) is 0 Å². The summed E-state index contributed by atoms with van der Waals surface area (Å²) in [6.07, 6.45) is -2.29. The van der Waals surface area contributed by atoms with E-state index in [1.165, 1.54) is 0 Å². The van der Waals surface area contributed by atoms with Crippen molar-refractivity contribution in [2.45, 2.75) is 26.1 Å². The predicted molar refractivity (Wildman–Crippen MR) is 48.9 cm³/mol. The standard InChI is InChI=1S/C9H17F3N2/c1-2-14(9(10,11)12)7-8-4-3-5-13-6-8/h8,13H,2-7H2,1H3/t8-/m1/s1. The summed E-state index contributed by atoms with van der Waals surface area (Å²) in [5, 5.41) is 3.12. The van der Waals surface area contributed by atoms with Gasteiger partial charge in [0.1, 0.15) is 0 Å². The molecule has 0 aromatic heterocycles. The fourth-order valence-corrected chi connectivity index (χ4v) is 1.80. The molecule has 14 heavy (non-hydrogen) atoms. The van der Waals surface area contributed by atoms with Gasteiger partial charge in [0.05, 0.1) is 0 Å². The third kappa shape index (κ3) is 3.46. The molecule has 0 spiro atoms. The van der Waals surface area contributed by atoms with E-state index in [1.807, 2.05) is 0 Å². The highest BCUT2D eigenvalue weighted by molar-refractivity contribution is 4.73. The lowest BCUT2D eigenvalue weighted by Gasteiger charge is -2.30. The number of hydrogen-bond donors (Lipinski definition) is 1. The van der Waals surface area contributed by atoms with Crippen molar-refractivity contribution < 1.29 is 13.2 Å².